The number of hydrogen-bond acceptors (Lipinski definition) is 9. The molecule has 0 radical (unpaired) electrons. The number of ether oxygens (including phenoxy) is 2. The number of hydroxylamine groups is 2. The van der Waals surface area contributed by atoms with E-state index in [0.717, 1.165) is 5.56 Å². The minimum Gasteiger partial charge on any atom is -0.497 e. The number of methoxy groups -OCH3 is 1. The molecule has 40 heavy (non-hydrogen) atoms. The Morgan fingerprint density at radius 1 is 0.950 bits per heavy atom. The molecule has 0 unspecified atom stereocenters. The van der Waals surface area contributed by atoms with Crippen LogP contribution in [0.4, 0.5) is 0 Å². The van der Waals surface area contributed by atoms with E-state index < -0.39 is 35.1 Å². The number of fused-ring (bicyclic) bond motifs is 1. The van der Waals surface area contributed by atoms with E-state index in [0.29, 0.717) is 21.9 Å². The molecule has 2 fully saturated rings. The number of rotatable bonds is 10. The average Bonchev–Trinajstić information content (AvgIpc) is 3.30. The predicted octanol–water partition coefficient (Wildman–Crippen LogP) is 1.72. The molecule has 1 N–H and O–H groups in total. The number of carbonyl (C=O) groups is 5. The van der Waals surface area contributed by atoms with E-state index in [-0.39, 0.29) is 49.8 Å². The monoisotopic (exact) mass is 565 g/mol. The summed E-state index contributed by atoms with van der Waals surface area (Å²) in [5.41, 5.74) is 1.92. The standard InChI is InChI=1S/C28H27N3O8S/c1-37-20-9-7-18(8-10-20)14-38-28(36)25-19(15-39-31-22(33)11-12-23(31)34)16-40-27-24(26(35)30(25)27)29-21(32)13-17-5-3-2-4-6-17/h2-10,24,27H,11-16H2,1H3,(H,29,32)/t24-,27-/m1/s1. The van der Waals surface area contributed by atoms with Crippen LogP contribution in [0.5, 0.6) is 5.75 Å². The van der Waals surface area contributed by atoms with Crippen LogP contribution in [0.2, 0.25) is 0 Å². The van der Waals surface area contributed by atoms with Gasteiger partial charge in [-0.15, -0.1) is 11.8 Å². The first kappa shape index (κ1) is 27.4. The van der Waals surface area contributed by atoms with Crippen molar-refractivity contribution in [2.75, 3.05) is 19.5 Å². The third-order valence-corrected chi connectivity index (χ3v) is 8.01. The molecule has 3 aliphatic heterocycles. The van der Waals surface area contributed by atoms with Gasteiger partial charge in [-0.1, -0.05) is 42.5 Å². The van der Waals surface area contributed by atoms with Crippen molar-refractivity contribution in [3.8, 4) is 5.75 Å². The predicted molar refractivity (Wildman–Crippen MR) is 142 cm³/mol. The first-order chi connectivity index (χ1) is 19.4. The van der Waals surface area contributed by atoms with Crippen molar-refractivity contribution in [3.05, 3.63) is 77.0 Å². The number of hydrogen-bond donors (Lipinski definition) is 1. The van der Waals surface area contributed by atoms with E-state index in [1.165, 1.54) is 16.7 Å². The highest BCUT2D eigenvalue weighted by Crippen LogP contribution is 2.41. The van der Waals surface area contributed by atoms with Crippen molar-refractivity contribution >= 4 is 41.4 Å². The molecule has 0 aliphatic carbocycles. The van der Waals surface area contributed by atoms with Crippen LogP contribution in [0.3, 0.4) is 0 Å². The average molecular weight is 566 g/mol. The van der Waals surface area contributed by atoms with Crippen molar-refractivity contribution in [2.45, 2.75) is 37.3 Å². The van der Waals surface area contributed by atoms with Gasteiger partial charge in [0.1, 0.15) is 36.1 Å². The second-order valence-corrected chi connectivity index (χ2v) is 10.5. The molecule has 2 aromatic carbocycles. The fourth-order valence-corrected chi connectivity index (χ4v) is 5.90. The molecule has 2 saturated heterocycles. The summed E-state index contributed by atoms with van der Waals surface area (Å²) in [6.07, 6.45) is 0.229. The van der Waals surface area contributed by atoms with Crippen LogP contribution >= 0.6 is 11.8 Å². The highest BCUT2D eigenvalue weighted by molar-refractivity contribution is 8.00. The van der Waals surface area contributed by atoms with Gasteiger partial charge < -0.3 is 14.8 Å². The minimum atomic E-state index is -0.810. The largest absolute Gasteiger partial charge is 0.497 e. The Hall–Kier alpha value is -4.16. The summed E-state index contributed by atoms with van der Waals surface area (Å²) in [5, 5.41) is 2.96. The Labute approximate surface area is 234 Å². The summed E-state index contributed by atoms with van der Waals surface area (Å²) in [7, 11) is 1.55. The molecule has 0 aromatic heterocycles. The Bertz CT molecular complexity index is 1350. The van der Waals surface area contributed by atoms with Crippen molar-refractivity contribution in [2.24, 2.45) is 0 Å². The second-order valence-electron chi connectivity index (χ2n) is 9.35. The van der Waals surface area contributed by atoms with Crippen molar-refractivity contribution in [3.63, 3.8) is 0 Å². The fourth-order valence-electron chi connectivity index (χ4n) is 4.57. The normalized spacial score (nSPS) is 20.3. The SMILES string of the molecule is COc1ccc(COC(=O)C2=C(CON3C(=O)CCC3=O)CS[C@@H]3[C@H](NC(=O)Cc4ccccc4)C(=O)N23)cc1. The van der Waals surface area contributed by atoms with Gasteiger partial charge >= 0.3 is 5.97 Å². The number of amides is 4. The molecule has 0 bridgehead atoms. The maximum Gasteiger partial charge on any atom is 0.355 e. The number of benzene rings is 2. The lowest BCUT2D eigenvalue weighted by Crippen LogP contribution is -2.70. The number of nitrogens with zero attached hydrogens (tertiary/aromatic N) is 2. The number of nitrogens with one attached hydrogen (secondary N) is 1. The molecule has 2 aromatic rings. The molecule has 208 valence electrons. The van der Waals surface area contributed by atoms with Crippen LogP contribution < -0.4 is 10.1 Å². The molecule has 3 heterocycles. The molecule has 0 saturated carbocycles. The van der Waals surface area contributed by atoms with Gasteiger partial charge in [0.05, 0.1) is 13.5 Å². The molecule has 5 rings (SSSR count). The minimum absolute atomic E-state index is 0.00471. The van der Waals surface area contributed by atoms with Gasteiger partial charge in [-0.05, 0) is 28.8 Å². The van der Waals surface area contributed by atoms with Crippen molar-refractivity contribution in [1.82, 2.24) is 15.3 Å². The first-order valence-corrected chi connectivity index (χ1v) is 13.7. The third-order valence-electron chi connectivity index (χ3n) is 6.67. The summed E-state index contributed by atoms with van der Waals surface area (Å²) in [6, 6.07) is 15.3. The zero-order valence-electron chi connectivity index (χ0n) is 21.7. The van der Waals surface area contributed by atoms with E-state index in [1.54, 1.807) is 31.4 Å². The number of carbonyl (C=O) groups excluding carboxylic acids is 5. The summed E-state index contributed by atoms with van der Waals surface area (Å²) in [4.78, 5) is 70.0. The second kappa shape index (κ2) is 11.9. The van der Waals surface area contributed by atoms with Crippen LogP contribution in [0.1, 0.15) is 24.0 Å². The topological polar surface area (TPSA) is 132 Å². The van der Waals surface area contributed by atoms with E-state index in [9.17, 15) is 24.0 Å². The van der Waals surface area contributed by atoms with Crippen molar-refractivity contribution in [1.29, 1.82) is 0 Å². The number of thioether (sulfide) groups is 1. The van der Waals surface area contributed by atoms with Crippen LogP contribution in [0, 0.1) is 0 Å². The summed E-state index contributed by atoms with van der Waals surface area (Å²) < 4.78 is 10.7. The zero-order chi connectivity index (χ0) is 28.2. The van der Waals surface area contributed by atoms with Gasteiger partial charge in [-0.2, -0.15) is 5.06 Å². The summed E-state index contributed by atoms with van der Waals surface area (Å²) in [5.74, 6) is -1.52. The highest BCUT2D eigenvalue weighted by atomic mass is 32.2. The van der Waals surface area contributed by atoms with Crippen LogP contribution in [-0.2, 0) is 46.6 Å². The lowest BCUT2D eigenvalue weighted by Gasteiger charge is -2.49. The number of β-lactam (4-membered cyclic amide) rings is 1. The van der Waals surface area contributed by atoms with E-state index >= 15 is 0 Å². The molecule has 12 heteroatoms. The lowest BCUT2D eigenvalue weighted by molar-refractivity contribution is -0.185. The zero-order valence-corrected chi connectivity index (χ0v) is 22.5. The number of esters is 1. The van der Waals surface area contributed by atoms with E-state index in [2.05, 4.69) is 5.32 Å². The fraction of sp³-hybridized carbons (Fsp3) is 0.321. The first-order valence-electron chi connectivity index (χ1n) is 12.6. The molecule has 3 aliphatic rings. The summed E-state index contributed by atoms with van der Waals surface area (Å²) in [6.45, 7) is -0.306. The quantitative estimate of drug-likeness (QED) is 0.260. The van der Waals surface area contributed by atoms with Gasteiger partial charge in [-0.25, -0.2) is 4.79 Å². The Balaban J connectivity index is 1.31. The van der Waals surface area contributed by atoms with Gasteiger partial charge in [0.2, 0.25) is 5.91 Å². The molecular formula is C28H27N3O8S. The Morgan fingerprint density at radius 2 is 1.65 bits per heavy atom. The maximum absolute atomic E-state index is 13.3. The van der Waals surface area contributed by atoms with E-state index in [1.807, 2.05) is 30.3 Å². The molecular weight excluding hydrogens is 538 g/mol. The molecule has 11 nitrogen and oxygen atoms in total. The smallest absolute Gasteiger partial charge is 0.355 e. The van der Waals surface area contributed by atoms with Crippen LogP contribution in [0.15, 0.2) is 65.9 Å². The van der Waals surface area contributed by atoms with Gasteiger partial charge in [-0.3, -0.25) is 28.9 Å². The molecule has 4 amide bonds. The lowest BCUT2D eigenvalue weighted by atomic mass is 10.0. The van der Waals surface area contributed by atoms with Crippen LogP contribution in [-0.4, -0.2) is 70.4 Å². The highest BCUT2D eigenvalue weighted by Gasteiger charge is 2.54. The maximum atomic E-state index is 13.3. The Morgan fingerprint density at radius 3 is 2.33 bits per heavy atom. The Kier molecular flexibility index (Phi) is 8.17. The molecule has 2 atom stereocenters. The molecule has 0 spiro atoms. The van der Waals surface area contributed by atoms with Gasteiger partial charge in [0.15, 0.2) is 0 Å². The van der Waals surface area contributed by atoms with Gasteiger partial charge in [0.25, 0.3) is 17.7 Å². The van der Waals surface area contributed by atoms with Crippen molar-refractivity contribution < 1.29 is 38.3 Å². The van der Waals surface area contributed by atoms with E-state index in [4.69, 9.17) is 14.3 Å². The van der Waals surface area contributed by atoms with Gasteiger partial charge in [0, 0.05) is 18.6 Å². The van der Waals surface area contributed by atoms with Crippen LogP contribution in [0.25, 0.3) is 0 Å². The third kappa shape index (κ3) is 5.73. The summed E-state index contributed by atoms with van der Waals surface area (Å²) >= 11 is 1.35. The number of imide groups is 1.